The number of hydrogen-bond acceptors (Lipinski definition) is 5. The van der Waals surface area contributed by atoms with Crippen molar-refractivity contribution in [1.29, 1.82) is 0 Å². The Kier molecular flexibility index (Phi) is 4.56. The van der Waals surface area contributed by atoms with Crippen LogP contribution in [0.4, 0.5) is 4.79 Å². The Labute approximate surface area is 175 Å². The lowest BCUT2D eigenvalue weighted by atomic mass is 9.91. The number of imide groups is 1. The van der Waals surface area contributed by atoms with E-state index in [4.69, 9.17) is 9.47 Å². The molecule has 0 spiro atoms. The fraction of sp³-hybridized carbons (Fsp3) is 0.348. The zero-order valence-corrected chi connectivity index (χ0v) is 17.7. The molecule has 7 nitrogen and oxygen atoms in total. The third-order valence-electron chi connectivity index (χ3n) is 6.31. The van der Waals surface area contributed by atoms with Gasteiger partial charge in [-0.2, -0.15) is 0 Å². The molecule has 0 aromatic heterocycles. The molecule has 0 bridgehead atoms. The van der Waals surface area contributed by atoms with Gasteiger partial charge in [-0.3, -0.25) is 14.5 Å². The van der Waals surface area contributed by atoms with E-state index in [1.165, 1.54) is 0 Å². The maximum atomic E-state index is 13.2. The summed E-state index contributed by atoms with van der Waals surface area (Å²) >= 11 is 0. The number of rotatable bonds is 4. The molecule has 1 fully saturated rings. The molecule has 3 amide bonds. The number of amides is 3. The number of ketones is 1. The van der Waals surface area contributed by atoms with E-state index in [2.05, 4.69) is 5.32 Å². The van der Waals surface area contributed by atoms with Gasteiger partial charge in [0.2, 0.25) is 6.79 Å². The number of hydrogen-bond donors (Lipinski definition) is 1. The quantitative estimate of drug-likeness (QED) is 0.620. The molecule has 2 aliphatic heterocycles. The van der Waals surface area contributed by atoms with Crippen molar-refractivity contribution >= 4 is 17.7 Å². The van der Waals surface area contributed by atoms with E-state index in [9.17, 15) is 14.4 Å². The fourth-order valence-electron chi connectivity index (χ4n) is 3.97. The molecule has 2 heterocycles. The minimum atomic E-state index is -1.29. The van der Waals surface area contributed by atoms with Crippen LogP contribution < -0.4 is 14.8 Å². The molecule has 0 saturated carbocycles. The first-order valence-electron chi connectivity index (χ1n) is 9.78. The summed E-state index contributed by atoms with van der Waals surface area (Å²) < 4.78 is 10.7. The summed E-state index contributed by atoms with van der Waals surface area (Å²) in [7, 11) is 0. The van der Waals surface area contributed by atoms with Crippen LogP contribution in [0.2, 0.25) is 0 Å². The van der Waals surface area contributed by atoms with Gasteiger partial charge in [-0.05, 0) is 80.6 Å². The summed E-state index contributed by atoms with van der Waals surface area (Å²) in [6.07, 6.45) is 0. The first kappa shape index (κ1) is 19.9. The van der Waals surface area contributed by atoms with Crippen molar-refractivity contribution in [2.75, 3.05) is 13.3 Å². The molecule has 2 aromatic carbocycles. The summed E-state index contributed by atoms with van der Waals surface area (Å²) in [5.41, 5.74) is 3.87. The second kappa shape index (κ2) is 6.86. The van der Waals surface area contributed by atoms with E-state index >= 15 is 0 Å². The molecule has 1 saturated heterocycles. The third-order valence-corrected chi connectivity index (χ3v) is 6.31. The number of Topliss-reactive ketones (excluding diaryl/α,β-unsaturated/α-hetero) is 1. The summed E-state index contributed by atoms with van der Waals surface area (Å²) in [6, 6.07) is 6.34. The minimum Gasteiger partial charge on any atom is -0.454 e. The Morgan fingerprint density at radius 1 is 1.03 bits per heavy atom. The average Bonchev–Trinajstić information content (AvgIpc) is 3.27. The molecule has 7 heteroatoms. The summed E-state index contributed by atoms with van der Waals surface area (Å²) in [5, 5.41) is 2.73. The van der Waals surface area contributed by atoms with E-state index in [-0.39, 0.29) is 19.1 Å². The van der Waals surface area contributed by atoms with Gasteiger partial charge in [0.05, 0.1) is 6.54 Å². The van der Waals surface area contributed by atoms with Crippen LogP contribution >= 0.6 is 0 Å². The van der Waals surface area contributed by atoms with E-state index in [0.717, 1.165) is 27.2 Å². The third kappa shape index (κ3) is 2.93. The SMILES string of the molecule is Cc1cc(C(=O)CN2C(=O)N[C@](C)(c3ccc4c(c3)OCO4)C2=O)c(C)c(C)c1C. The van der Waals surface area contributed by atoms with Crippen molar-refractivity contribution in [2.45, 2.75) is 40.2 Å². The lowest BCUT2D eigenvalue weighted by Gasteiger charge is -2.22. The van der Waals surface area contributed by atoms with E-state index in [1.807, 2.05) is 33.8 Å². The Bertz CT molecular complexity index is 1110. The lowest BCUT2D eigenvalue weighted by Crippen LogP contribution is -2.41. The predicted octanol–water partition coefficient (Wildman–Crippen LogP) is 3.30. The predicted molar refractivity (Wildman–Crippen MR) is 110 cm³/mol. The molecular weight excluding hydrogens is 384 g/mol. The first-order valence-corrected chi connectivity index (χ1v) is 9.78. The van der Waals surface area contributed by atoms with Crippen molar-refractivity contribution in [2.24, 2.45) is 0 Å². The highest BCUT2D eigenvalue weighted by atomic mass is 16.7. The molecule has 0 radical (unpaired) electrons. The second-order valence-electron chi connectivity index (χ2n) is 8.05. The summed E-state index contributed by atoms with van der Waals surface area (Å²) in [6.45, 7) is 9.25. The van der Waals surface area contributed by atoms with Crippen molar-refractivity contribution < 1.29 is 23.9 Å². The molecule has 0 aliphatic carbocycles. The number of benzene rings is 2. The topological polar surface area (TPSA) is 84.9 Å². The van der Waals surface area contributed by atoms with Crippen LogP contribution in [0.25, 0.3) is 0 Å². The van der Waals surface area contributed by atoms with Gasteiger partial charge in [-0.1, -0.05) is 6.07 Å². The average molecular weight is 408 g/mol. The van der Waals surface area contributed by atoms with Gasteiger partial charge in [0.15, 0.2) is 17.3 Å². The van der Waals surface area contributed by atoms with Gasteiger partial charge < -0.3 is 14.8 Å². The second-order valence-corrected chi connectivity index (χ2v) is 8.05. The highest BCUT2D eigenvalue weighted by Gasteiger charge is 2.50. The van der Waals surface area contributed by atoms with E-state index in [1.54, 1.807) is 25.1 Å². The van der Waals surface area contributed by atoms with Crippen LogP contribution in [0.3, 0.4) is 0 Å². The number of nitrogens with one attached hydrogen (secondary N) is 1. The molecule has 1 atom stereocenters. The van der Waals surface area contributed by atoms with Crippen LogP contribution in [-0.2, 0) is 10.3 Å². The highest BCUT2D eigenvalue weighted by Crippen LogP contribution is 2.38. The molecular formula is C23H24N2O5. The monoisotopic (exact) mass is 408 g/mol. The molecule has 156 valence electrons. The van der Waals surface area contributed by atoms with Gasteiger partial charge in [0.25, 0.3) is 5.91 Å². The minimum absolute atomic E-state index is 0.116. The van der Waals surface area contributed by atoms with Crippen molar-refractivity contribution in [1.82, 2.24) is 10.2 Å². The number of fused-ring (bicyclic) bond motifs is 1. The lowest BCUT2D eigenvalue weighted by molar-refractivity contribution is -0.130. The Hall–Kier alpha value is -3.35. The van der Waals surface area contributed by atoms with Gasteiger partial charge in [0, 0.05) is 5.56 Å². The summed E-state index contributed by atoms with van der Waals surface area (Å²) in [4.78, 5) is 39.8. The number of urea groups is 1. The molecule has 1 N–H and O–H groups in total. The van der Waals surface area contributed by atoms with Crippen LogP contribution in [-0.4, -0.2) is 36.0 Å². The Morgan fingerprint density at radius 3 is 2.47 bits per heavy atom. The molecule has 2 aliphatic rings. The zero-order chi connectivity index (χ0) is 21.8. The van der Waals surface area contributed by atoms with Crippen LogP contribution in [0.15, 0.2) is 24.3 Å². The number of carbonyl (C=O) groups is 3. The van der Waals surface area contributed by atoms with Gasteiger partial charge >= 0.3 is 6.03 Å². The summed E-state index contributed by atoms with van der Waals surface area (Å²) in [5.74, 6) is 0.369. The van der Waals surface area contributed by atoms with Crippen LogP contribution in [0.1, 0.15) is 45.1 Å². The standard InChI is InChI=1S/C23H24N2O5/c1-12-8-17(15(4)14(3)13(12)2)18(26)10-25-21(27)23(5,24-22(25)28)16-6-7-19-20(9-16)30-11-29-19/h6-9H,10-11H2,1-5H3,(H,24,28)/t23-/m1/s1. The molecule has 0 unspecified atom stereocenters. The number of nitrogens with zero attached hydrogens (tertiary/aromatic N) is 1. The number of aryl methyl sites for hydroxylation is 1. The van der Waals surface area contributed by atoms with E-state index in [0.29, 0.717) is 22.6 Å². The molecule has 4 rings (SSSR count). The largest absolute Gasteiger partial charge is 0.454 e. The van der Waals surface area contributed by atoms with Gasteiger partial charge in [-0.25, -0.2) is 4.79 Å². The Morgan fingerprint density at radius 2 is 1.73 bits per heavy atom. The maximum absolute atomic E-state index is 13.2. The van der Waals surface area contributed by atoms with Crippen molar-refractivity contribution in [3.05, 3.63) is 57.6 Å². The highest BCUT2D eigenvalue weighted by molar-refractivity contribution is 6.11. The zero-order valence-electron chi connectivity index (χ0n) is 17.7. The first-order chi connectivity index (χ1) is 14.1. The molecule has 30 heavy (non-hydrogen) atoms. The van der Waals surface area contributed by atoms with Crippen LogP contribution in [0.5, 0.6) is 11.5 Å². The van der Waals surface area contributed by atoms with Crippen LogP contribution in [0, 0.1) is 27.7 Å². The number of carbonyl (C=O) groups excluding carboxylic acids is 3. The fourth-order valence-corrected chi connectivity index (χ4v) is 3.97. The van der Waals surface area contributed by atoms with Crippen molar-refractivity contribution in [3.8, 4) is 11.5 Å². The maximum Gasteiger partial charge on any atom is 0.325 e. The van der Waals surface area contributed by atoms with Gasteiger partial charge in [-0.15, -0.1) is 0 Å². The van der Waals surface area contributed by atoms with Crippen molar-refractivity contribution in [3.63, 3.8) is 0 Å². The normalized spacial score (nSPS) is 20.0. The molecule has 2 aromatic rings. The smallest absolute Gasteiger partial charge is 0.325 e. The van der Waals surface area contributed by atoms with Gasteiger partial charge in [0.1, 0.15) is 5.54 Å². The number of ether oxygens (including phenoxy) is 2. The van der Waals surface area contributed by atoms with E-state index < -0.39 is 17.5 Å². The Balaban J connectivity index is 1.62.